The van der Waals surface area contributed by atoms with E-state index in [0.717, 1.165) is 0 Å². The molecule has 0 radical (unpaired) electrons. The molecule has 0 aliphatic carbocycles. The van der Waals surface area contributed by atoms with Gasteiger partial charge in [0, 0.05) is 6.42 Å². The SMILES string of the molecule is CCC(=O)O.CC[PH](CC)(CC)CC. The Balaban J connectivity index is 0. The van der Waals surface area contributed by atoms with Gasteiger partial charge in [-0.15, -0.1) is 0 Å². The second kappa shape index (κ2) is 9.45. The third-order valence-corrected chi connectivity index (χ3v) is 9.30. The Bertz CT molecular complexity index is 125. The Labute approximate surface area is 89.4 Å². The van der Waals surface area contributed by atoms with Crippen molar-refractivity contribution in [1.82, 2.24) is 0 Å². The van der Waals surface area contributed by atoms with Crippen molar-refractivity contribution in [2.24, 2.45) is 0 Å². The van der Waals surface area contributed by atoms with Gasteiger partial charge in [0.15, 0.2) is 0 Å². The van der Waals surface area contributed by atoms with E-state index < -0.39 is 13.2 Å². The fourth-order valence-electron chi connectivity index (χ4n) is 1.50. The summed E-state index contributed by atoms with van der Waals surface area (Å²) in [6.45, 7) is 11.1. The molecule has 88 valence electrons. The van der Waals surface area contributed by atoms with Gasteiger partial charge in [-0.3, -0.25) is 4.79 Å². The number of carboxylic acids is 1. The van der Waals surface area contributed by atoms with Gasteiger partial charge in [-0.1, -0.05) is 6.92 Å². The maximum absolute atomic E-state index is 9.37. The fourth-order valence-corrected chi connectivity index (χ4v) is 4.50. The summed E-state index contributed by atoms with van der Waals surface area (Å²) in [5, 5.41) is 7.72. The van der Waals surface area contributed by atoms with Crippen LogP contribution in [0.1, 0.15) is 41.0 Å². The van der Waals surface area contributed by atoms with E-state index in [2.05, 4.69) is 27.7 Å². The number of aliphatic carboxylic acids is 1. The summed E-state index contributed by atoms with van der Waals surface area (Å²) in [7, 11) is -0.691. The first kappa shape index (κ1) is 16.3. The zero-order valence-electron chi connectivity index (χ0n) is 10.4. The number of hydrogen-bond acceptors (Lipinski definition) is 1. The molecule has 0 saturated carbocycles. The molecule has 0 aromatic carbocycles. The van der Waals surface area contributed by atoms with Crippen molar-refractivity contribution in [2.75, 3.05) is 24.6 Å². The Hall–Kier alpha value is -0.100. The Morgan fingerprint density at radius 2 is 1.14 bits per heavy atom. The summed E-state index contributed by atoms with van der Waals surface area (Å²) in [6.07, 6.45) is 6.15. The fraction of sp³-hybridized carbons (Fsp3) is 0.909. The van der Waals surface area contributed by atoms with Gasteiger partial charge in [0.2, 0.25) is 0 Å². The van der Waals surface area contributed by atoms with Crippen molar-refractivity contribution in [3.63, 3.8) is 0 Å². The van der Waals surface area contributed by atoms with Crippen molar-refractivity contribution < 1.29 is 9.90 Å². The van der Waals surface area contributed by atoms with Crippen LogP contribution in [0, 0.1) is 0 Å². The summed E-state index contributed by atoms with van der Waals surface area (Å²) in [6, 6.07) is 0. The number of hydrogen-bond donors (Lipinski definition) is 1. The normalized spacial score (nSPS) is 11.5. The molecule has 0 unspecified atom stereocenters. The first-order chi connectivity index (χ1) is 6.51. The number of carbonyl (C=O) groups is 1. The van der Waals surface area contributed by atoms with Gasteiger partial charge in [-0.05, 0) is 0 Å². The number of carboxylic acid groups (broad SMARTS) is 1. The van der Waals surface area contributed by atoms with Crippen LogP contribution >= 0.6 is 7.26 Å². The van der Waals surface area contributed by atoms with E-state index in [0.29, 0.717) is 0 Å². The van der Waals surface area contributed by atoms with Crippen LogP contribution < -0.4 is 0 Å². The first-order valence-corrected chi connectivity index (χ1v) is 8.56. The molecule has 14 heavy (non-hydrogen) atoms. The minimum atomic E-state index is -0.745. The molecule has 0 aromatic rings. The summed E-state index contributed by atoms with van der Waals surface area (Å²) in [4.78, 5) is 9.37. The molecule has 1 N–H and O–H groups in total. The predicted octanol–water partition coefficient (Wildman–Crippen LogP) is 3.30. The van der Waals surface area contributed by atoms with Gasteiger partial charge in [0.05, 0.1) is 0 Å². The van der Waals surface area contributed by atoms with Gasteiger partial charge in [0.25, 0.3) is 0 Å². The molecule has 0 atom stereocenters. The predicted molar refractivity (Wildman–Crippen MR) is 68.4 cm³/mol. The molecule has 0 aliphatic heterocycles. The van der Waals surface area contributed by atoms with Gasteiger partial charge in [-0.2, -0.15) is 0 Å². The van der Waals surface area contributed by atoms with Crippen LogP contribution in [0.15, 0.2) is 0 Å². The van der Waals surface area contributed by atoms with E-state index in [9.17, 15) is 4.79 Å². The molecule has 0 aliphatic rings. The zero-order valence-corrected chi connectivity index (χ0v) is 11.4. The molecular weight excluding hydrogens is 195 g/mol. The zero-order chi connectivity index (χ0) is 11.6. The third-order valence-electron chi connectivity index (χ3n) is 3.30. The monoisotopic (exact) mass is 222 g/mol. The van der Waals surface area contributed by atoms with E-state index in [1.54, 1.807) is 6.92 Å². The van der Waals surface area contributed by atoms with Gasteiger partial charge in [-0.25, -0.2) is 0 Å². The van der Waals surface area contributed by atoms with E-state index in [-0.39, 0.29) is 6.42 Å². The van der Waals surface area contributed by atoms with E-state index in [4.69, 9.17) is 5.11 Å². The van der Waals surface area contributed by atoms with Crippen molar-refractivity contribution in [3.8, 4) is 0 Å². The second-order valence-electron chi connectivity index (χ2n) is 3.66. The van der Waals surface area contributed by atoms with Gasteiger partial charge >= 0.3 is 65.6 Å². The Morgan fingerprint density at radius 3 is 1.14 bits per heavy atom. The van der Waals surface area contributed by atoms with E-state index in [1.807, 2.05) is 0 Å². The quantitative estimate of drug-likeness (QED) is 0.725. The first-order valence-electron chi connectivity index (χ1n) is 5.73. The number of rotatable bonds is 5. The van der Waals surface area contributed by atoms with Crippen LogP contribution in [-0.4, -0.2) is 35.7 Å². The average Bonchev–Trinajstić information content (AvgIpc) is 2.23. The van der Waals surface area contributed by atoms with E-state index in [1.165, 1.54) is 24.6 Å². The van der Waals surface area contributed by atoms with Crippen LogP contribution in [0.5, 0.6) is 0 Å². The summed E-state index contributed by atoms with van der Waals surface area (Å²) in [5.74, 6) is -0.745. The topological polar surface area (TPSA) is 37.3 Å². The molecule has 2 nitrogen and oxygen atoms in total. The third kappa shape index (κ3) is 7.32. The van der Waals surface area contributed by atoms with Crippen LogP contribution in [0.3, 0.4) is 0 Å². The van der Waals surface area contributed by atoms with Crippen LogP contribution in [0.4, 0.5) is 0 Å². The molecule has 0 heterocycles. The van der Waals surface area contributed by atoms with Crippen LogP contribution in [-0.2, 0) is 4.79 Å². The summed E-state index contributed by atoms with van der Waals surface area (Å²) >= 11 is 0. The van der Waals surface area contributed by atoms with Crippen LogP contribution in [0.2, 0.25) is 0 Å². The standard InChI is InChI=1S/C8H21P.C3H6O2/c1-5-9(6-2,7-3)8-4;1-2-3(4)5/h9H,5-8H2,1-4H3;2H2,1H3,(H,4,5). The molecule has 0 aromatic heterocycles. The molecule has 3 heteroatoms. The van der Waals surface area contributed by atoms with E-state index >= 15 is 0 Å². The van der Waals surface area contributed by atoms with Crippen molar-refractivity contribution in [3.05, 3.63) is 0 Å². The molecule has 0 spiro atoms. The molecule has 0 saturated heterocycles. The van der Waals surface area contributed by atoms with Crippen molar-refractivity contribution in [1.29, 1.82) is 0 Å². The average molecular weight is 222 g/mol. The van der Waals surface area contributed by atoms with Crippen molar-refractivity contribution in [2.45, 2.75) is 41.0 Å². The minimum absolute atomic E-state index is 0.222. The molecule has 0 fully saturated rings. The Kier molecular flexibility index (Phi) is 11.0. The maximum atomic E-state index is 9.37. The van der Waals surface area contributed by atoms with Crippen LogP contribution in [0.25, 0.3) is 0 Å². The van der Waals surface area contributed by atoms with Gasteiger partial charge < -0.3 is 5.11 Å². The molecular formula is C11H27O2P. The molecule has 0 amide bonds. The summed E-state index contributed by atoms with van der Waals surface area (Å²) < 4.78 is 0. The second-order valence-corrected chi connectivity index (χ2v) is 9.49. The summed E-state index contributed by atoms with van der Waals surface area (Å²) in [5.41, 5.74) is 0. The van der Waals surface area contributed by atoms with Crippen molar-refractivity contribution >= 4 is 13.2 Å². The molecule has 0 bridgehead atoms. The molecule has 0 rings (SSSR count). The van der Waals surface area contributed by atoms with Gasteiger partial charge in [0.1, 0.15) is 0 Å². The Morgan fingerprint density at radius 1 is 0.929 bits per heavy atom.